The highest BCUT2D eigenvalue weighted by molar-refractivity contribution is 6.70. The molecular weight excluding hydrogens is 430 g/mol. The van der Waals surface area contributed by atoms with Crippen molar-refractivity contribution in [3.8, 4) is 0 Å². The van der Waals surface area contributed by atoms with Crippen LogP contribution in [-0.4, -0.2) is 41.7 Å². The lowest BCUT2D eigenvalue weighted by molar-refractivity contribution is -0.0750. The zero-order valence-corrected chi connectivity index (χ0v) is 24.1. The Morgan fingerprint density at radius 1 is 0.906 bits per heavy atom. The predicted octanol–water partition coefficient (Wildman–Crippen LogP) is 7.00. The second-order valence-electron chi connectivity index (χ2n) is 13.5. The van der Waals surface area contributed by atoms with E-state index in [1.807, 2.05) is 0 Å². The predicted molar refractivity (Wildman–Crippen MR) is 138 cm³/mol. The summed E-state index contributed by atoms with van der Waals surface area (Å²) in [6, 6.07) is 0. The van der Waals surface area contributed by atoms with Gasteiger partial charge in [-0.15, -0.1) is 0 Å². The number of nitrogens with zero attached hydrogens (tertiary/aromatic N) is 1. The van der Waals surface area contributed by atoms with Gasteiger partial charge in [-0.3, -0.25) is 0 Å². The molecule has 0 aromatic carbocycles. The van der Waals surface area contributed by atoms with Crippen LogP contribution in [0.2, 0.25) is 39.3 Å². The summed E-state index contributed by atoms with van der Waals surface area (Å²) >= 11 is 0. The molecule has 0 radical (unpaired) electrons. The second kappa shape index (κ2) is 8.35. The highest BCUT2D eigenvalue weighted by atomic mass is 28.4. The van der Waals surface area contributed by atoms with E-state index in [2.05, 4.69) is 64.4 Å². The van der Waals surface area contributed by atoms with E-state index in [0.717, 1.165) is 29.9 Å². The fourth-order valence-electron chi connectivity index (χ4n) is 7.86. The molecule has 4 aliphatic carbocycles. The molecule has 2 unspecified atom stereocenters. The van der Waals surface area contributed by atoms with Crippen LogP contribution in [0.5, 0.6) is 0 Å². The SMILES string of the molecule is CO/N=C1\C=C2CC[C@@H]3[C@H](CC[C@]4(C)C(O[Si](C)(C)C)C(O[Si](C)(C)C)C[C@@H]34)[C@@]2(C)CC1. The van der Waals surface area contributed by atoms with Gasteiger partial charge in [0.05, 0.1) is 17.9 Å². The third kappa shape index (κ3) is 4.46. The van der Waals surface area contributed by atoms with Gasteiger partial charge in [-0.1, -0.05) is 24.6 Å². The van der Waals surface area contributed by atoms with E-state index in [1.165, 1.54) is 38.5 Å². The highest BCUT2D eigenvalue weighted by Gasteiger charge is 2.62. The molecule has 182 valence electrons. The number of fused-ring (bicyclic) bond motifs is 5. The normalized spacial score (nSPS) is 43.3. The summed E-state index contributed by atoms with van der Waals surface area (Å²) in [7, 11) is -1.64. The van der Waals surface area contributed by atoms with Gasteiger partial charge in [0.1, 0.15) is 7.11 Å². The summed E-state index contributed by atoms with van der Waals surface area (Å²) in [5.74, 6) is 2.29. The molecule has 3 fully saturated rings. The van der Waals surface area contributed by atoms with Gasteiger partial charge in [-0.2, -0.15) is 0 Å². The van der Waals surface area contributed by atoms with Crippen molar-refractivity contribution in [3.63, 3.8) is 0 Å². The van der Waals surface area contributed by atoms with Crippen LogP contribution in [0.3, 0.4) is 0 Å². The van der Waals surface area contributed by atoms with Crippen LogP contribution in [0.1, 0.15) is 58.8 Å². The fourth-order valence-corrected chi connectivity index (χ4v) is 10.2. The highest BCUT2D eigenvalue weighted by Crippen LogP contribution is 2.66. The van der Waals surface area contributed by atoms with Crippen molar-refractivity contribution in [1.82, 2.24) is 0 Å². The maximum absolute atomic E-state index is 6.98. The molecule has 4 rings (SSSR count). The fraction of sp³-hybridized carbons (Fsp3) is 0.885. The van der Waals surface area contributed by atoms with Crippen molar-refractivity contribution in [3.05, 3.63) is 11.6 Å². The number of oxime groups is 1. The third-order valence-corrected chi connectivity index (χ3v) is 11.1. The Morgan fingerprint density at radius 2 is 1.59 bits per heavy atom. The van der Waals surface area contributed by atoms with Crippen LogP contribution in [0.25, 0.3) is 0 Å². The lowest BCUT2D eigenvalue weighted by atomic mass is 9.47. The van der Waals surface area contributed by atoms with Crippen LogP contribution < -0.4 is 0 Å². The Bertz CT molecular complexity index is 783. The van der Waals surface area contributed by atoms with Gasteiger partial charge in [0.2, 0.25) is 0 Å². The Kier molecular flexibility index (Phi) is 6.44. The summed E-state index contributed by atoms with van der Waals surface area (Å²) in [5, 5.41) is 4.28. The van der Waals surface area contributed by atoms with E-state index in [4.69, 9.17) is 13.7 Å². The van der Waals surface area contributed by atoms with Crippen molar-refractivity contribution in [2.75, 3.05) is 7.11 Å². The molecule has 0 saturated heterocycles. The van der Waals surface area contributed by atoms with Gasteiger partial charge >= 0.3 is 0 Å². The van der Waals surface area contributed by atoms with Crippen molar-refractivity contribution in [2.45, 2.75) is 110 Å². The molecule has 0 aliphatic heterocycles. The molecule has 0 aromatic rings. The quantitative estimate of drug-likeness (QED) is 0.316. The Hall–Kier alpha value is -0.436. The van der Waals surface area contributed by atoms with Crippen molar-refractivity contribution < 1.29 is 13.7 Å². The molecule has 3 saturated carbocycles. The van der Waals surface area contributed by atoms with Crippen molar-refractivity contribution in [2.24, 2.45) is 33.7 Å². The molecule has 4 aliphatic rings. The molecule has 6 heteroatoms. The summed E-state index contributed by atoms with van der Waals surface area (Å²) < 4.78 is 13.8. The van der Waals surface area contributed by atoms with Gasteiger partial charge in [0, 0.05) is 0 Å². The van der Waals surface area contributed by atoms with E-state index in [-0.39, 0.29) is 17.6 Å². The molecule has 7 atom stereocenters. The Morgan fingerprint density at radius 3 is 2.22 bits per heavy atom. The molecule has 32 heavy (non-hydrogen) atoms. The second-order valence-corrected chi connectivity index (χ2v) is 22.4. The Labute approximate surface area is 198 Å². The number of hydrogen-bond acceptors (Lipinski definition) is 4. The molecule has 4 nitrogen and oxygen atoms in total. The minimum atomic E-state index is -1.66. The van der Waals surface area contributed by atoms with Crippen molar-refractivity contribution >= 4 is 22.3 Å². The third-order valence-electron chi connectivity index (χ3n) is 9.08. The topological polar surface area (TPSA) is 40.0 Å². The molecule has 0 N–H and O–H groups in total. The smallest absolute Gasteiger partial charge is 0.184 e. The van der Waals surface area contributed by atoms with Gasteiger partial charge in [-0.25, -0.2) is 0 Å². The van der Waals surface area contributed by atoms with E-state index in [9.17, 15) is 0 Å². The van der Waals surface area contributed by atoms with Crippen LogP contribution in [0, 0.1) is 28.6 Å². The van der Waals surface area contributed by atoms with Crippen LogP contribution in [-0.2, 0) is 13.7 Å². The van der Waals surface area contributed by atoms with Gasteiger partial charge < -0.3 is 13.7 Å². The Balaban J connectivity index is 1.64. The molecular formula is C26H47NO3Si2. The summed E-state index contributed by atoms with van der Waals surface area (Å²) in [5.41, 5.74) is 3.34. The minimum Gasteiger partial charge on any atom is -0.412 e. The average Bonchev–Trinajstić information content (AvgIpc) is 2.91. The van der Waals surface area contributed by atoms with E-state index < -0.39 is 16.6 Å². The van der Waals surface area contributed by atoms with Crippen molar-refractivity contribution in [1.29, 1.82) is 0 Å². The number of rotatable bonds is 5. The molecule has 0 spiro atoms. The number of allylic oxidation sites excluding steroid dienone is 2. The maximum atomic E-state index is 6.98. The first-order chi connectivity index (χ1) is 14.8. The average molecular weight is 478 g/mol. The van der Waals surface area contributed by atoms with E-state index in [1.54, 1.807) is 12.7 Å². The monoisotopic (exact) mass is 477 g/mol. The summed E-state index contributed by atoms with van der Waals surface area (Å²) in [4.78, 5) is 5.10. The standard InChI is InChI=1S/C26H47NO3Si2/c1-25-14-12-19(27-28-3)16-18(25)10-11-20-21(25)13-15-26(2)22(20)17-23(29-31(4,5)6)24(26)30-32(7,8)9/h16,20-24H,10-15,17H2,1-9H3/b27-19-/t20-,21+,22+,23?,24?,25+,26+/m1/s1. The molecule has 0 bridgehead atoms. The number of hydrogen-bond donors (Lipinski definition) is 0. The maximum Gasteiger partial charge on any atom is 0.184 e. The van der Waals surface area contributed by atoms with Crippen LogP contribution in [0.4, 0.5) is 0 Å². The van der Waals surface area contributed by atoms with E-state index in [0.29, 0.717) is 5.41 Å². The summed E-state index contributed by atoms with van der Waals surface area (Å²) in [6.07, 6.45) is 11.5. The molecule has 0 amide bonds. The first kappa shape index (κ1) is 24.7. The zero-order chi connectivity index (χ0) is 23.5. The van der Waals surface area contributed by atoms with Crippen LogP contribution in [0.15, 0.2) is 16.8 Å². The van der Waals surface area contributed by atoms with Gasteiger partial charge in [0.15, 0.2) is 16.6 Å². The van der Waals surface area contributed by atoms with Crippen LogP contribution >= 0.6 is 0 Å². The van der Waals surface area contributed by atoms with Gasteiger partial charge in [0.25, 0.3) is 0 Å². The molecule has 0 heterocycles. The first-order valence-electron chi connectivity index (χ1n) is 12.9. The summed E-state index contributed by atoms with van der Waals surface area (Å²) in [6.45, 7) is 19.2. The van der Waals surface area contributed by atoms with E-state index >= 15 is 0 Å². The minimum absolute atomic E-state index is 0.251. The first-order valence-corrected chi connectivity index (χ1v) is 19.8. The molecule has 0 aromatic heterocycles. The lowest BCUT2D eigenvalue weighted by Gasteiger charge is -2.58. The van der Waals surface area contributed by atoms with Gasteiger partial charge in [-0.05, 0) is 119 Å². The lowest BCUT2D eigenvalue weighted by Crippen LogP contribution is -2.53. The zero-order valence-electron chi connectivity index (χ0n) is 22.1. The largest absolute Gasteiger partial charge is 0.412 e.